The second-order valence-corrected chi connectivity index (χ2v) is 12.7. The van der Waals surface area contributed by atoms with Gasteiger partial charge in [0.15, 0.2) is 0 Å². The number of fused-ring (bicyclic) bond motifs is 3. The van der Waals surface area contributed by atoms with Gasteiger partial charge in [0, 0.05) is 18.0 Å². The fraction of sp³-hybridized carbons (Fsp3) is 0.0256. The Morgan fingerprint density at radius 1 is 0.511 bits per heavy atom. The maximum absolute atomic E-state index is 5.17. The Morgan fingerprint density at radius 2 is 1.09 bits per heavy atom. The van der Waals surface area contributed by atoms with Crippen molar-refractivity contribution in [1.29, 1.82) is 0 Å². The van der Waals surface area contributed by atoms with Gasteiger partial charge in [0.05, 0.1) is 46.1 Å². The Bertz CT molecular complexity index is 2320. The van der Waals surface area contributed by atoms with E-state index in [0.717, 1.165) is 28.1 Å². The summed E-state index contributed by atoms with van der Waals surface area (Å²) in [5.74, 6) is 1.05. The molecule has 2 aromatic heterocycles. The Morgan fingerprint density at radius 3 is 1.78 bits per heavy atom. The summed E-state index contributed by atoms with van der Waals surface area (Å²) >= 11 is 0. The number of pyridine rings is 1. The first-order chi connectivity index (χ1) is 22.0. The topological polar surface area (TPSA) is 30.7 Å². The van der Waals surface area contributed by atoms with E-state index in [0.29, 0.717) is 0 Å². The Hall–Kier alpha value is -5.35. The van der Waals surface area contributed by atoms with Crippen molar-refractivity contribution in [2.75, 3.05) is 0 Å². The van der Waals surface area contributed by atoms with Crippen molar-refractivity contribution >= 4 is 56.1 Å². The third kappa shape index (κ3) is 4.57. The molecule has 0 bridgehead atoms. The molecule has 0 N–H and O–H groups in total. The van der Waals surface area contributed by atoms with Crippen molar-refractivity contribution in [3.05, 3.63) is 152 Å². The van der Waals surface area contributed by atoms with Crippen LogP contribution in [0.3, 0.4) is 0 Å². The number of para-hydroxylation sites is 3. The van der Waals surface area contributed by atoms with Gasteiger partial charge in [0.1, 0.15) is 0 Å². The second kappa shape index (κ2) is 10.7. The van der Waals surface area contributed by atoms with Crippen LogP contribution in [0.15, 0.2) is 146 Å². The molecule has 45 heavy (non-hydrogen) atoms. The summed E-state index contributed by atoms with van der Waals surface area (Å²) in [5, 5.41) is 4.78. The lowest BCUT2D eigenvalue weighted by molar-refractivity contribution is 0.931. The minimum atomic E-state index is -0.153. The molecule has 6 aromatic carbocycles. The zero-order chi connectivity index (χ0) is 30.5. The van der Waals surface area contributed by atoms with Crippen LogP contribution in [-0.4, -0.2) is 38.1 Å². The number of hydrogen-bond acceptors (Lipinski definition) is 2. The number of benzene rings is 6. The molecule has 0 saturated heterocycles. The molecule has 0 aliphatic rings. The molecule has 8 rings (SSSR count). The molecular formula is C39H30B3N3. The van der Waals surface area contributed by atoms with E-state index in [2.05, 4.69) is 167 Å². The third-order valence-electron chi connectivity index (χ3n) is 8.74. The molecule has 0 spiro atoms. The van der Waals surface area contributed by atoms with Gasteiger partial charge in [0.25, 0.3) is 0 Å². The number of rotatable bonds is 5. The fourth-order valence-corrected chi connectivity index (χ4v) is 6.78. The number of nitrogens with zero attached hydrogens (tertiary/aromatic N) is 3. The number of imidazole rings is 1. The molecule has 0 atom stereocenters. The van der Waals surface area contributed by atoms with Gasteiger partial charge in [-0.25, -0.2) is 4.98 Å². The predicted molar refractivity (Wildman–Crippen MR) is 197 cm³/mol. The van der Waals surface area contributed by atoms with Crippen LogP contribution in [0.25, 0.3) is 71.6 Å². The molecule has 0 fully saturated rings. The average Bonchev–Trinajstić information content (AvgIpc) is 3.48. The largest absolute Gasteiger partial charge is 0.297 e. The van der Waals surface area contributed by atoms with Crippen LogP contribution in [0.5, 0.6) is 0 Å². The van der Waals surface area contributed by atoms with Crippen LogP contribution in [0.1, 0.15) is 5.82 Å². The summed E-state index contributed by atoms with van der Waals surface area (Å²) in [6.45, 7) is 0. The predicted octanol–water partition coefficient (Wildman–Crippen LogP) is 6.74. The summed E-state index contributed by atoms with van der Waals surface area (Å²) in [7, 11) is 6.73. The van der Waals surface area contributed by atoms with Gasteiger partial charge >= 0.3 is 0 Å². The zero-order valence-electron chi connectivity index (χ0n) is 25.7. The van der Waals surface area contributed by atoms with E-state index >= 15 is 0 Å². The molecule has 2 heterocycles. The van der Waals surface area contributed by atoms with Gasteiger partial charge in [-0.3, -0.25) is 9.55 Å². The van der Waals surface area contributed by atoms with E-state index in [-0.39, 0.29) is 5.11 Å². The van der Waals surface area contributed by atoms with Crippen LogP contribution in [0, 0.1) is 0 Å². The molecule has 0 amide bonds. The summed E-state index contributed by atoms with van der Waals surface area (Å²) < 4.78 is 2.38. The summed E-state index contributed by atoms with van der Waals surface area (Å²) in [6.07, 6.45) is 3.71. The molecular weight excluding hydrogens is 543 g/mol. The molecule has 6 heteroatoms. The standard InChI is InChI=1S/C39H30B3N3/c40-39(41,42)38-44-33-17-6-8-19-35(33)45(38)34-18-7-5-16-32(34)37-30-14-3-1-12-28(30)36(29-13-2-4-15-31(29)37)27-11-9-10-26(24-27)25-20-22-43-23-21-25/h1-24H,40-42H2. The van der Waals surface area contributed by atoms with Crippen molar-refractivity contribution in [1.82, 2.24) is 14.5 Å². The van der Waals surface area contributed by atoms with Crippen LogP contribution in [0.4, 0.5) is 0 Å². The normalized spacial score (nSPS) is 11.8. The first-order valence-corrected chi connectivity index (χ1v) is 15.5. The van der Waals surface area contributed by atoms with E-state index in [1.165, 1.54) is 49.4 Å². The van der Waals surface area contributed by atoms with Gasteiger partial charge in [-0.15, -0.1) is 0 Å². The highest BCUT2D eigenvalue weighted by Crippen LogP contribution is 2.46. The van der Waals surface area contributed by atoms with Crippen molar-refractivity contribution in [3.63, 3.8) is 0 Å². The quantitative estimate of drug-likeness (QED) is 0.169. The van der Waals surface area contributed by atoms with Crippen LogP contribution >= 0.6 is 0 Å². The molecule has 8 aromatic rings. The Balaban J connectivity index is 1.46. The highest BCUT2D eigenvalue weighted by Gasteiger charge is 2.26. The van der Waals surface area contributed by atoms with E-state index in [9.17, 15) is 0 Å². The number of aromatic nitrogens is 3. The maximum Gasteiger partial charge on any atom is 0.0994 e. The van der Waals surface area contributed by atoms with E-state index in [1.807, 2.05) is 12.4 Å². The van der Waals surface area contributed by atoms with E-state index in [4.69, 9.17) is 4.98 Å². The lowest BCUT2D eigenvalue weighted by Crippen LogP contribution is -2.31. The average molecular weight is 573 g/mol. The minimum absolute atomic E-state index is 0.153. The minimum Gasteiger partial charge on any atom is -0.297 e. The Labute approximate surface area is 265 Å². The molecule has 3 nitrogen and oxygen atoms in total. The van der Waals surface area contributed by atoms with Crippen molar-refractivity contribution in [3.8, 4) is 39.1 Å². The monoisotopic (exact) mass is 573 g/mol. The SMILES string of the molecule is BC(B)(B)c1nc2ccccc2n1-c1ccccc1-c1c2ccccc2c(-c2cccc(-c3ccncc3)c2)c2ccccc12. The molecule has 0 radical (unpaired) electrons. The molecule has 0 aliphatic heterocycles. The molecule has 210 valence electrons. The Kier molecular flexibility index (Phi) is 6.46. The van der Waals surface area contributed by atoms with Gasteiger partial charge in [0.2, 0.25) is 0 Å². The highest BCUT2D eigenvalue weighted by atomic mass is 15.1. The van der Waals surface area contributed by atoms with Gasteiger partial charge < -0.3 is 0 Å². The van der Waals surface area contributed by atoms with Gasteiger partial charge in [-0.05, 0) is 85.8 Å². The molecule has 0 aliphatic carbocycles. The molecule has 0 unspecified atom stereocenters. The fourth-order valence-electron chi connectivity index (χ4n) is 6.78. The van der Waals surface area contributed by atoms with E-state index in [1.54, 1.807) is 0 Å². The zero-order valence-corrected chi connectivity index (χ0v) is 25.7. The highest BCUT2D eigenvalue weighted by molar-refractivity contribution is 6.58. The number of hydrogen-bond donors (Lipinski definition) is 0. The van der Waals surface area contributed by atoms with Gasteiger partial charge in [-0.2, -0.15) is 0 Å². The smallest absolute Gasteiger partial charge is 0.0994 e. The first-order valence-electron chi connectivity index (χ1n) is 15.5. The van der Waals surface area contributed by atoms with Crippen molar-refractivity contribution in [2.24, 2.45) is 0 Å². The third-order valence-corrected chi connectivity index (χ3v) is 8.74. The summed E-state index contributed by atoms with van der Waals surface area (Å²) in [4.78, 5) is 9.39. The van der Waals surface area contributed by atoms with Crippen molar-refractivity contribution < 1.29 is 0 Å². The summed E-state index contributed by atoms with van der Waals surface area (Å²) in [5.41, 5.74) is 10.5. The van der Waals surface area contributed by atoms with E-state index < -0.39 is 0 Å². The first kappa shape index (κ1) is 27.2. The second-order valence-electron chi connectivity index (χ2n) is 12.7. The molecule has 0 saturated carbocycles. The lowest BCUT2D eigenvalue weighted by atomic mass is 9.42. The summed E-state index contributed by atoms with van der Waals surface area (Å²) in [6, 6.07) is 48.1. The van der Waals surface area contributed by atoms with Gasteiger partial charge in [-0.1, -0.05) is 102 Å². The van der Waals surface area contributed by atoms with Crippen LogP contribution in [-0.2, 0) is 5.11 Å². The van der Waals surface area contributed by atoms with Crippen LogP contribution in [0.2, 0.25) is 0 Å². The van der Waals surface area contributed by atoms with Crippen LogP contribution < -0.4 is 0 Å². The maximum atomic E-state index is 5.17. The lowest BCUT2D eigenvalue weighted by Gasteiger charge is -2.24. The van der Waals surface area contributed by atoms with Crippen molar-refractivity contribution in [2.45, 2.75) is 5.11 Å².